The number of ketones is 1. The van der Waals surface area contributed by atoms with Gasteiger partial charge < -0.3 is 4.74 Å². The molecule has 94 valence electrons. The van der Waals surface area contributed by atoms with Gasteiger partial charge in [0, 0.05) is 13.2 Å². The Bertz CT molecular complexity index is 573. The predicted molar refractivity (Wildman–Crippen MR) is 69.0 cm³/mol. The van der Waals surface area contributed by atoms with Crippen LogP contribution in [0.15, 0.2) is 30.5 Å². The molecule has 18 heavy (non-hydrogen) atoms. The van der Waals surface area contributed by atoms with Crippen molar-refractivity contribution >= 4 is 5.78 Å². The molecule has 1 aromatic heterocycles. The minimum absolute atomic E-state index is 0.0225. The minimum atomic E-state index is 0.0225. The van der Waals surface area contributed by atoms with Gasteiger partial charge in [0.1, 0.15) is 5.75 Å². The molecule has 0 aliphatic rings. The van der Waals surface area contributed by atoms with E-state index in [0.29, 0.717) is 17.7 Å². The Morgan fingerprint density at radius 2 is 2.17 bits per heavy atom. The average Bonchev–Trinajstić information content (AvgIpc) is 2.74. The largest absolute Gasteiger partial charge is 0.496 e. The van der Waals surface area contributed by atoms with Gasteiger partial charge in [-0.15, -0.1) is 0 Å². The van der Waals surface area contributed by atoms with Crippen LogP contribution in [-0.4, -0.2) is 22.7 Å². The second kappa shape index (κ2) is 5.04. The van der Waals surface area contributed by atoms with Gasteiger partial charge in [0.2, 0.25) is 0 Å². The number of Topliss-reactive ketones (excluding diaryl/α,β-unsaturated/α-hetero) is 1. The number of aryl methyl sites for hydroxylation is 2. The van der Waals surface area contributed by atoms with E-state index < -0.39 is 0 Å². The lowest BCUT2D eigenvalue weighted by atomic mass is 10.0. The quantitative estimate of drug-likeness (QED) is 0.774. The summed E-state index contributed by atoms with van der Waals surface area (Å²) in [6.45, 7) is 1.96. The van der Waals surface area contributed by atoms with E-state index in [1.807, 2.05) is 44.4 Å². The first-order valence-corrected chi connectivity index (χ1v) is 5.76. The summed E-state index contributed by atoms with van der Waals surface area (Å²) in [7, 11) is 3.41. The van der Waals surface area contributed by atoms with Crippen LogP contribution in [0.2, 0.25) is 0 Å². The molecule has 0 fully saturated rings. The third kappa shape index (κ3) is 2.59. The monoisotopic (exact) mass is 244 g/mol. The fourth-order valence-corrected chi connectivity index (χ4v) is 1.86. The molecule has 4 nitrogen and oxygen atoms in total. The summed E-state index contributed by atoms with van der Waals surface area (Å²) >= 11 is 0. The Kier molecular flexibility index (Phi) is 3.46. The van der Waals surface area contributed by atoms with Crippen molar-refractivity contribution in [1.29, 1.82) is 0 Å². The van der Waals surface area contributed by atoms with Gasteiger partial charge in [-0.3, -0.25) is 9.48 Å². The van der Waals surface area contributed by atoms with E-state index in [1.165, 1.54) is 0 Å². The lowest BCUT2D eigenvalue weighted by molar-refractivity contribution is 0.0989. The molecule has 0 amide bonds. The standard InChI is InChI=1S/C14H16N2O2/c1-10-4-5-14(18-3)12(8-10)13(17)9-11-6-7-16(2)15-11/h4-8H,9H2,1-3H3. The predicted octanol–water partition coefficient (Wildman–Crippen LogP) is 2.16. The second-order valence-corrected chi connectivity index (χ2v) is 4.28. The summed E-state index contributed by atoms with van der Waals surface area (Å²) in [4.78, 5) is 12.2. The van der Waals surface area contributed by atoms with Crippen LogP contribution in [-0.2, 0) is 13.5 Å². The first-order valence-electron chi connectivity index (χ1n) is 5.76. The highest BCUT2D eigenvalue weighted by molar-refractivity contribution is 5.99. The molecular weight excluding hydrogens is 228 g/mol. The summed E-state index contributed by atoms with van der Waals surface area (Å²) < 4.78 is 6.91. The number of carbonyl (C=O) groups excluding carboxylic acids is 1. The van der Waals surface area contributed by atoms with E-state index >= 15 is 0 Å². The summed E-state index contributed by atoms with van der Waals surface area (Å²) in [5.41, 5.74) is 2.43. The second-order valence-electron chi connectivity index (χ2n) is 4.28. The lowest BCUT2D eigenvalue weighted by Gasteiger charge is -2.07. The van der Waals surface area contributed by atoms with Crippen molar-refractivity contribution in [1.82, 2.24) is 9.78 Å². The van der Waals surface area contributed by atoms with E-state index in [-0.39, 0.29) is 5.78 Å². The number of benzene rings is 1. The zero-order valence-electron chi connectivity index (χ0n) is 10.8. The number of methoxy groups -OCH3 is 1. The van der Waals surface area contributed by atoms with E-state index in [1.54, 1.807) is 11.8 Å². The maximum Gasteiger partial charge on any atom is 0.172 e. The van der Waals surface area contributed by atoms with Gasteiger partial charge in [-0.25, -0.2) is 0 Å². The molecule has 0 saturated heterocycles. The number of ether oxygens (including phenoxy) is 1. The highest BCUT2D eigenvalue weighted by atomic mass is 16.5. The fraction of sp³-hybridized carbons (Fsp3) is 0.286. The number of hydrogen-bond acceptors (Lipinski definition) is 3. The SMILES string of the molecule is COc1ccc(C)cc1C(=O)Cc1ccn(C)n1. The van der Waals surface area contributed by atoms with Crippen LogP contribution in [0.3, 0.4) is 0 Å². The van der Waals surface area contributed by atoms with Gasteiger partial charge in [0.15, 0.2) is 5.78 Å². The molecule has 0 radical (unpaired) electrons. The average molecular weight is 244 g/mol. The number of rotatable bonds is 4. The molecule has 2 aromatic rings. The van der Waals surface area contributed by atoms with Gasteiger partial charge in [-0.2, -0.15) is 5.10 Å². The van der Waals surface area contributed by atoms with Gasteiger partial charge in [-0.1, -0.05) is 11.6 Å². The molecule has 0 unspecified atom stereocenters. The summed E-state index contributed by atoms with van der Waals surface area (Å²) in [5, 5.41) is 4.21. The van der Waals surface area contributed by atoms with Crippen molar-refractivity contribution in [3.63, 3.8) is 0 Å². The van der Waals surface area contributed by atoms with Crippen molar-refractivity contribution in [2.24, 2.45) is 7.05 Å². The van der Waals surface area contributed by atoms with Crippen LogP contribution >= 0.6 is 0 Å². The van der Waals surface area contributed by atoms with E-state index in [4.69, 9.17) is 4.74 Å². The first-order chi connectivity index (χ1) is 8.60. The van der Waals surface area contributed by atoms with E-state index in [9.17, 15) is 4.79 Å². The molecule has 0 aliphatic heterocycles. The van der Waals surface area contributed by atoms with Gasteiger partial charge >= 0.3 is 0 Å². The molecule has 2 rings (SSSR count). The minimum Gasteiger partial charge on any atom is -0.496 e. The van der Waals surface area contributed by atoms with Crippen molar-refractivity contribution in [3.05, 3.63) is 47.3 Å². The van der Waals surface area contributed by atoms with Crippen LogP contribution in [0, 0.1) is 6.92 Å². The topological polar surface area (TPSA) is 44.1 Å². The normalized spacial score (nSPS) is 10.4. The van der Waals surface area contributed by atoms with E-state index in [2.05, 4.69) is 5.10 Å². The molecular formula is C14H16N2O2. The van der Waals surface area contributed by atoms with Crippen LogP contribution in [0.4, 0.5) is 0 Å². The van der Waals surface area contributed by atoms with Gasteiger partial charge in [0.25, 0.3) is 0 Å². The summed E-state index contributed by atoms with van der Waals surface area (Å²) in [6, 6.07) is 7.45. The molecule has 0 atom stereocenters. The van der Waals surface area contributed by atoms with E-state index in [0.717, 1.165) is 11.3 Å². The van der Waals surface area contributed by atoms with Crippen molar-refractivity contribution < 1.29 is 9.53 Å². The molecule has 1 aromatic carbocycles. The Morgan fingerprint density at radius 1 is 1.39 bits per heavy atom. The number of hydrogen-bond donors (Lipinski definition) is 0. The summed E-state index contributed by atoms with van der Waals surface area (Å²) in [6.07, 6.45) is 2.12. The Labute approximate surface area is 106 Å². The smallest absolute Gasteiger partial charge is 0.172 e. The Balaban J connectivity index is 2.25. The van der Waals surface area contributed by atoms with Gasteiger partial charge in [0.05, 0.1) is 24.8 Å². The highest BCUT2D eigenvalue weighted by Gasteiger charge is 2.14. The number of aromatic nitrogens is 2. The van der Waals surface area contributed by atoms with Crippen LogP contribution in [0.1, 0.15) is 21.6 Å². The molecule has 0 bridgehead atoms. The molecule has 0 spiro atoms. The summed E-state index contributed by atoms with van der Waals surface area (Å²) in [5.74, 6) is 0.635. The Morgan fingerprint density at radius 3 is 2.78 bits per heavy atom. The van der Waals surface area contributed by atoms with Crippen molar-refractivity contribution in [3.8, 4) is 5.75 Å². The lowest BCUT2D eigenvalue weighted by Crippen LogP contribution is -2.07. The molecule has 0 saturated carbocycles. The number of nitrogens with zero attached hydrogens (tertiary/aromatic N) is 2. The first kappa shape index (κ1) is 12.4. The molecule has 4 heteroatoms. The van der Waals surface area contributed by atoms with Crippen molar-refractivity contribution in [2.45, 2.75) is 13.3 Å². The molecule has 0 N–H and O–H groups in total. The zero-order chi connectivity index (χ0) is 13.1. The van der Waals surface area contributed by atoms with Crippen LogP contribution in [0.25, 0.3) is 0 Å². The maximum absolute atomic E-state index is 12.2. The zero-order valence-corrected chi connectivity index (χ0v) is 10.8. The Hall–Kier alpha value is -2.10. The third-order valence-corrected chi connectivity index (χ3v) is 2.77. The number of carbonyl (C=O) groups is 1. The molecule has 1 heterocycles. The molecule has 0 aliphatic carbocycles. The van der Waals surface area contributed by atoms with Crippen molar-refractivity contribution in [2.75, 3.05) is 7.11 Å². The fourth-order valence-electron chi connectivity index (χ4n) is 1.86. The highest BCUT2D eigenvalue weighted by Crippen LogP contribution is 2.21. The maximum atomic E-state index is 12.2. The third-order valence-electron chi connectivity index (χ3n) is 2.77. The van der Waals surface area contributed by atoms with Crippen LogP contribution < -0.4 is 4.74 Å². The van der Waals surface area contributed by atoms with Crippen LogP contribution in [0.5, 0.6) is 5.75 Å². The van der Waals surface area contributed by atoms with Gasteiger partial charge in [-0.05, 0) is 25.1 Å².